The number of nitrogens with two attached hydrogens (primary N) is 1. The Labute approximate surface area is 107 Å². The Morgan fingerprint density at radius 3 is 2.78 bits per heavy atom. The highest BCUT2D eigenvalue weighted by molar-refractivity contribution is 5.94. The number of hydrogen-bond acceptors (Lipinski definition) is 3. The van der Waals surface area contributed by atoms with Gasteiger partial charge in [0.2, 0.25) is 0 Å². The second-order valence-corrected chi connectivity index (χ2v) is 5.15. The molecule has 4 nitrogen and oxygen atoms in total. The fraction of sp³-hybridized carbons (Fsp3) is 0.500. The Balaban J connectivity index is 1.81. The lowest BCUT2D eigenvalue weighted by atomic mass is 10.1. The second kappa shape index (κ2) is 4.71. The molecule has 3 atom stereocenters. The Hall–Kier alpha value is -1.39. The molecule has 2 aliphatic heterocycles. The molecular formula is C14H19N3O. The third kappa shape index (κ3) is 1.91. The summed E-state index contributed by atoms with van der Waals surface area (Å²) in [6, 6.07) is 10.3. The molecule has 1 amide bonds. The molecule has 1 aromatic carbocycles. The Bertz CT molecular complexity index is 434. The maximum atomic E-state index is 12.5. The highest BCUT2D eigenvalue weighted by atomic mass is 16.2. The van der Waals surface area contributed by atoms with Crippen molar-refractivity contribution in [2.45, 2.75) is 18.5 Å². The van der Waals surface area contributed by atoms with Crippen molar-refractivity contribution in [3.8, 4) is 0 Å². The van der Waals surface area contributed by atoms with E-state index in [2.05, 4.69) is 4.90 Å². The first kappa shape index (κ1) is 11.7. The van der Waals surface area contributed by atoms with Gasteiger partial charge >= 0.3 is 0 Å². The van der Waals surface area contributed by atoms with E-state index < -0.39 is 0 Å². The molecule has 96 valence electrons. The Morgan fingerprint density at radius 2 is 2.06 bits per heavy atom. The van der Waals surface area contributed by atoms with Crippen molar-refractivity contribution in [1.82, 2.24) is 9.80 Å². The average Bonchev–Trinajstić information content (AvgIpc) is 2.84. The molecule has 0 aromatic heterocycles. The average molecular weight is 245 g/mol. The van der Waals surface area contributed by atoms with E-state index in [4.69, 9.17) is 5.73 Å². The van der Waals surface area contributed by atoms with Crippen LogP contribution >= 0.6 is 0 Å². The van der Waals surface area contributed by atoms with Crippen LogP contribution in [0.3, 0.4) is 0 Å². The zero-order valence-electron chi connectivity index (χ0n) is 10.5. The summed E-state index contributed by atoms with van der Waals surface area (Å²) in [5.41, 5.74) is 6.59. The van der Waals surface area contributed by atoms with Gasteiger partial charge in [0.05, 0.1) is 0 Å². The van der Waals surface area contributed by atoms with Crippen LogP contribution in [0.2, 0.25) is 0 Å². The van der Waals surface area contributed by atoms with Crippen LogP contribution < -0.4 is 5.73 Å². The molecular weight excluding hydrogens is 226 g/mol. The molecule has 1 unspecified atom stereocenters. The van der Waals surface area contributed by atoms with Crippen LogP contribution in [0.1, 0.15) is 16.8 Å². The molecule has 18 heavy (non-hydrogen) atoms. The molecule has 1 aromatic rings. The highest BCUT2D eigenvalue weighted by Gasteiger charge is 2.40. The van der Waals surface area contributed by atoms with Gasteiger partial charge < -0.3 is 10.6 Å². The molecule has 0 saturated carbocycles. The summed E-state index contributed by atoms with van der Waals surface area (Å²) in [4.78, 5) is 17.0. The molecule has 0 aliphatic carbocycles. The smallest absolute Gasteiger partial charge is 0.254 e. The highest BCUT2D eigenvalue weighted by Crippen LogP contribution is 2.25. The van der Waals surface area contributed by atoms with Gasteiger partial charge in [-0.3, -0.25) is 9.69 Å². The maximum absolute atomic E-state index is 12.5. The zero-order chi connectivity index (χ0) is 12.5. The molecule has 0 spiro atoms. The largest absolute Gasteiger partial charge is 0.333 e. The molecule has 2 heterocycles. The minimum absolute atomic E-state index is 0.153. The third-order valence-electron chi connectivity index (χ3n) is 4.11. The van der Waals surface area contributed by atoms with Gasteiger partial charge in [-0.15, -0.1) is 0 Å². The first-order chi connectivity index (χ1) is 8.79. The van der Waals surface area contributed by atoms with Gasteiger partial charge in [0.25, 0.3) is 5.91 Å². The van der Waals surface area contributed by atoms with Crippen molar-refractivity contribution in [3.63, 3.8) is 0 Å². The summed E-state index contributed by atoms with van der Waals surface area (Å²) in [5, 5.41) is 0. The lowest BCUT2D eigenvalue weighted by Gasteiger charge is -2.39. The van der Waals surface area contributed by atoms with E-state index in [0.29, 0.717) is 18.6 Å². The summed E-state index contributed by atoms with van der Waals surface area (Å²) in [6.45, 7) is 3.46. The Kier molecular flexibility index (Phi) is 3.06. The van der Waals surface area contributed by atoms with E-state index >= 15 is 0 Å². The van der Waals surface area contributed by atoms with Crippen molar-refractivity contribution in [2.24, 2.45) is 5.73 Å². The number of rotatable bonds is 2. The molecule has 4 heteroatoms. The predicted molar refractivity (Wildman–Crippen MR) is 70.3 cm³/mol. The monoisotopic (exact) mass is 245 g/mol. The fourth-order valence-corrected chi connectivity index (χ4v) is 3.06. The van der Waals surface area contributed by atoms with Crippen molar-refractivity contribution < 1.29 is 4.79 Å². The first-order valence-electron chi connectivity index (χ1n) is 6.59. The Morgan fingerprint density at radius 1 is 1.28 bits per heavy atom. The molecule has 2 saturated heterocycles. The summed E-state index contributed by atoms with van der Waals surface area (Å²) in [5.74, 6) is 0.153. The van der Waals surface area contributed by atoms with E-state index in [-0.39, 0.29) is 5.91 Å². The number of carbonyl (C=O) groups excluding carboxylic acids is 1. The summed E-state index contributed by atoms with van der Waals surface area (Å²) in [6.07, 6.45) is 1.08. The number of benzene rings is 1. The third-order valence-corrected chi connectivity index (χ3v) is 4.11. The van der Waals surface area contributed by atoms with Crippen molar-refractivity contribution in [1.29, 1.82) is 0 Å². The molecule has 2 bridgehead atoms. The normalized spacial score (nSPS) is 30.5. The van der Waals surface area contributed by atoms with Crippen LogP contribution in [0.15, 0.2) is 30.3 Å². The number of nitrogens with zero attached hydrogens (tertiary/aromatic N) is 2. The standard InChI is InChI=1S/C14H19N3O/c15-8-13-10-17(12-6-7-16(13)9-12)14(18)11-4-2-1-3-5-11/h1-5,12-13H,6-10,15H2/t12-,13+/m1/s1. The van der Waals surface area contributed by atoms with Gasteiger partial charge in [0.15, 0.2) is 0 Å². The van der Waals surface area contributed by atoms with E-state index in [0.717, 1.165) is 31.6 Å². The first-order valence-corrected chi connectivity index (χ1v) is 6.59. The van der Waals surface area contributed by atoms with E-state index in [9.17, 15) is 4.79 Å². The molecule has 0 radical (unpaired) electrons. The predicted octanol–water partition coefficient (Wildman–Crippen LogP) is 0.544. The van der Waals surface area contributed by atoms with Crippen LogP contribution in [-0.2, 0) is 0 Å². The lowest BCUT2D eigenvalue weighted by molar-refractivity contribution is 0.0507. The lowest BCUT2D eigenvalue weighted by Crippen LogP contribution is -2.56. The minimum atomic E-state index is 0.153. The summed E-state index contributed by atoms with van der Waals surface area (Å²) in [7, 11) is 0. The van der Waals surface area contributed by atoms with E-state index in [1.165, 1.54) is 0 Å². The quantitative estimate of drug-likeness (QED) is 0.827. The van der Waals surface area contributed by atoms with E-state index in [1.807, 2.05) is 35.2 Å². The van der Waals surface area contributed by atoms with Crippen molar-refractivity contribution in [2.75, 3.05) is 26.2 Å². The van der Waals surface area contributed by atoms with E-state index in [1.54, 1.807) is 0 Å². The van der Waals surface area contributed by atoms with Crippen LogP contribution in [-0.4, -0.2) is 54.0 Å². The number of amides is 1. The number of hydrogen-bond donors (Lipinski definition) is 1. The van der Waals surface area contributed by atoms with Gasteiger partial charge in [0.1, 0.15) is 0 Å². The maximum Gasteiger partial charge on any atom is 0.254 e. The number of carbonyl (C=O) groups is 1. The second-order valence-electron chi connectivity index (χ2n) is 5.15. The number of piperazine rings is 1. The zero-order valence-corrected chi connectivity index (χ0v) is 10.5. The minimum Gasteiger partial charge on any atom is -0.333 e. The van der Waals surface area contributed by atoms with Crippen LogP contribution in [0.5, 0.6) is 0 Å². The molecule has 2 aliphatic rings. The molecule has 2 N–H and O–H groups in total. The van der Waals surface area contributed by atoms with Crippen LogP contribution in [0.25, 0.3) is 0 Å². The molecule has 2 fully saturated rings. The van der Waals surface area contributed by atoms with Gasteiger partial charge in [0, 0.05) is 43.8 Å². The van der Waals surface area contributed by atoms with Gasteiger partial charge in [-0.25, -0.2) is 0 Å². The van der Waals surface area contributed by atoms with Gasteiger partial charge in [-0.05, 0) is 18.6 Å². The summed E-state index contributed by atoms with van der Waals surface area (Å²) >= 11 is 0. The summed E-state index contributed by atoms with van der Waals surface area (Å²) < 4.78 is 0. The van der Waals surface area contributed by atoms with Crippen molar-refractivity contribution in [3.05, 3.63) is 35.9 Å². The van der Waals surface area contributed by atoms with Gasteiger partial charge in [-0.2, -0.15) is 0 Å². The molecule has 3 rings (SSSR count). The fourth-order valence-electron chi connectivity index (χ4n) is 3.06. The van der Waals surface area contributed by atoms with Gasteiger partial charge in [-0.1, -0.05) is 18.2 Å². The number of fused-ring (bicyclic) bond motifs is 2. The SMILES string of the molecule is NC[C@H]1CN(C(=O)c2ccccc2)[C@@H]2CCN1C2. The van der Waals surface area contributed by atoms with Crippen LogP contribution in [0.4, 0.5) is 0 Å². The topological polar surface area (TPSA) is 49.6 Å². The van der Waals surface area contributed by atoms with Crippen LogP contribution in [0, 0.1) is 0 Å². The van der Waals surface area contributed by atoms with Crippen molar-refractivity contribution >= 4 is 5.91 Å².